The summed E-state index contributed by atoms with van der Waals surface area (Å²) >= 11 is 0. The molecule has 21 heavy (non-hydrogen) atoms. The van der Waals surface area contributed by atoms with Crippen LogP contribution < -0.4 is 0 Å². The minimum atomic E-state index is -0.968. The van der Waals surface area contributed by atoms with Crippen LogP contribution in [0.1, 0.15) is 28.4 Å². The molecule has 1 aliphatic rings. The first-order valence-electron chi connectivity index (χ1n) is 6.52. The van der Waals surface area contributed by atoms with Crippen molar-refractivity contribution in [3.63, 3.8) is 0 Å². The average molecular weight is 293 g/mol. The minimum absolute atomic E-state index is 0.147. The molecule has 1 amide bonds. The number of aliphatic hydroxyl groups excluding tert-OH is 1. The van der Waals surface area contributed by atoms with E-state index < -0.39 is 23.8 Å². The Bertz CT molecular complexity index is 657. The Morgan fingerprint density at radius 3 is 2.76 bits per heavy atom. The zero-order chi connectivity index (χ0) is 15.0. The molecule has 1 aromatic carbocycles. The summed E-state index contributed by atoms with van der Waals surface area (Å²) in [5.74, 6) is -2.22. The zero-order valence-corrected chi connectivity index (χ0v) is 11.0. The number of furan rings is 1. The van der Waals surface area contributed by atoms with Crippen molar-refractivity contribution >= 4 is 5.91 Å². The number of amides is 1. The molecule has 0 aliphatic carbocycles. The SMILES string of the molecule is O=C(c1ccoc1)N1C[C@H](O)C[C@@H]1c1ccc(F)c(F)c1. The third kappa shape index (κ3) is 2.54. The highest BCUT2D eigenvalue weighted by atomic mass is 19.2. The van der Waals surface area contributed by atoms with Crippen LogP contribution in [0.5, 0.6) is 0 Å². The Kier molecular flexibility index (Phi) is 3.47. The standard InChI is InChI=1S/C15H13F2NO3/c16-12-2-1-9(5-13(12)17)14-6-11(19)7-18(14)15(20)10-3-4-21-8-10/h1-5,8,11,14,19H,6-7H2/t11-,14-/m1/s1. The Labute approximate surface area is 119 Å². The monoisotopic (exact) mass is 293 g/mol. The van der Waals surface area contributed by atoms with Gasteiger partial charge in [-0.2, -0.15) is 0 Å². The lowest BCUT2D eigenvalue weighted by molar-refractivity contribution is 0.0715. The lowest BCUT2D eigenvalue weighted by atomic mass is 10.0. The first kappa shape index (κ1) is 13.8. The summed E-state index contributed by atoms with van der Waals surface area (Å²) in [6.45, 7) is 0.147. The normalized spacial score (nSPS) is 21.8. The number of nitrogens with zero attached hydrogens (tertiary/aromatic N) is 1. The first-order chi connectivity index (χ1) is 10.1. The molecule has 0 bridgehead atoms. The highest BCUT2D eigenvalue weighted by molar-refractivity contribution is 5.94. The third-order valence-electron chi connectivity index (χ3n) is 3.64. The fourth-order valence-corrected chi connectivity index (χ4v) is 2.63. The van der Waals surface area contributed by atoms with E-state index in [1.165, 1.54) is 29.6 Å². The lowest BCUT2D eigenvalue weighted by Crippen LogP contribution is -2.31. The highest BCUT2D eigenvalue weighted by Gasteiger charge is 2.36. The molecule has 1 saturated heterocycles. The predicted molar refractivity (Wildman–Crippen MR) is 69.5 cm³/mol. The van der Waals surface area contributed by atoms with E-state index in [9.17, 15) is 18.7 Å². The summed E-state index contributed by atoms with van der Waals surface area (Å²) in [5.41, 5.74) is 0.818. The van der Waals surface area contributed by atoms with Gasteiger partial charge in [0.2, 0.25) is 0 Å². The molecular formula is C15H13F2NO3. The summed E-state index contributed by atoms with van der Waals surface area (Å²) in [6.07, 6.45) is 2.29. The number of likely N-dealkylation sites (tertiary alicyclic amines) is 1. The number of rotatable bonds is 2. The van der Waals surface area contributed by atoms with E-state index >= 15 is 0 Å². The average Bonchev–Trinajstić information content (AvgIpc) is 3.10. The van der Waals surface area contributed by atoms with Gasteiger partial charge in [0.05, 0.1) is 24.0 Å². The largest absolute Gasteiger partial charge is 0.472 e. The van der Waals surface area contributed by atoms with Crippen molar-refractivity contribution in [2.24, 2.45) is 0 Å². The third-order valence-corrected chi connectivity index (χ3v) is 3.64. The van der Waals surface area contributed by atoms with Crippen LogP contribution in [-0.2, 0) is 0 Å². The van der Waals surface area contributed by atoms with Gasteiger partial charge in [0, 0.05) is 6.54 Å². The summed E-state index contributed by atoms with van der Waals surface area (Å²) in [7, 11) is 0. The quantitative estimate of drug-likeness (QED) is 0.925. The molecular weight excluding hydrogens is 280 g/mol. The molecule has 2 heterocycles. The van der Waals surface area contributed by atoms with E-state index in [-0.39, 0.29) is 18.9 Å². The highest BCUT2D eigenvalue weighted by Crippen LogP contribution is 2.34. The van der Waals surface area contributed by atoms with E-state index in [0.717, 1.165) is 12.1 Å². The van der Waals surface area contributed by atoms with Crippen LogP contribution in [0.25, 0.3) is 0 Å². The maximum absolute atomic E-state index is 13.4. The molecule has 1 N–H and O–H groups in total. The molecule has 0 radical (unpaired) electrons. The van der Waals surface area contributed by atoms with Crippen LogP contribution in [0, 0.1) is 11.6 Å². The molecule has 0 saturated carbocycles. The number of benzene rings is 1. The molecule has 0 spiro atoms. The van der Waals surface area contributed by atoms with Crippen molar-refractivity contribution in [2.75, 3.05) is 6.54 Å². The van der Waals surface area contributed by atoms with Gasteiger partial charge in [-0.05, 0) is 30.2 Å². The van der Waals surface area contributed by atoms with Crippen molar-refractivity contribution in [3.05, 3.63) is 59.6 Å². The summed E-state index contributed by atoms with van der Waals surface area (Å²) < 4.78 is 31.3. The molecule has 1 fully saturated rings. The Morgan fingerprint density at radius 2 is 2.10 bits per heavy atom. The van der Waals surface area contributed by atoms with E-state index in [0.29, 0.717) is 11.1 Å². The van der Waals surface area contributed by atoms with Gasteiger partial charge >= 0.3 is 0 Å². The fraction of sp³-hybridized carbons (Fsp3) is 0.267. The molecule has 2 aromatic rings. The molecule has 1 aromatic heterocycles. The topological polar surface area (TPSA) is 53.7 Å². The van der Waals surface area contributed by atoms with Gasteiger partial charge in [-0.15, -0.1) is 0 Å². The van der Waals surface area contributed by atoms with Crippen LogP contribution >= 0.6 is 0 Å². The predicted octanol–water partition coefficient (Wildman–Crippen LogP) is 2.51. The van der Waals surface area contributed by atoms with Gasteiger partial charge in [0.25, 0.3) is 5.91 Å². The van der Waals surface area contributed by atoms with Gasteiger partial charge in [0.15, 0.2) is 11.6 Å². The fourth-order valence-electron chi connectivity index (χ4n) is 2.63. The van der Waals surface area contributed by atoms with Crippen LogP contribution in [0.3, 0.4) is 0 Å². The Morgan fingerprint density at radius 1 is 1.29 bits per heavy atom. The number of β-amino-alcohol motifs (C(OH)–C–C–N with tert-alkyl or cyclic N) is 1. The van der Waals surface area contributed by atoms with Gasteiger partial charge in [-0.1, -0.05) is 6.07 Å². The van der Waals surface area contributed by atoms with Crippen LogP contribution in [0.15, 0.2) is 41.2 Å². The van der Waals surface area contributed by atoms with Crippen LogP contribution in [0.2, 0.25) is 0 Å². The van der Waals surface area contributed by atoms with Crippen molar-refractivity contribution in [2.45, 2.75) is 18.6 Å². The second-order valence-electron chi connectivity index (χ2n) is 5.05. The molecule has 0 unspecified atom stereocenters. The molecule has 110 valence electrons. The molecule has 4 nitrogen and oxygen atoms in total. The van der Waals surface area contributed by atoms with Crippen LogP contribution in [-0.4, -0.2) is 28.6 Å². The molecule has 1 aliphatic heterocycles. The number of hydrogen-bond donors (Lipinski definition) is 1. The maximum Gasteiger partial charge on any atom is 0.257 e. The Hall–Kier alpha value is -2.21. The van der Waals surface area contributed by atoms with Crippen molar-refractivity contribution < 1.29 is 23.1 Å². The molecule has 3 rings (SSSR count). The van der Waals surface area contributed by atoms with Crippen LogP contribution in [0.4, 0.5) is 8.78 Å². The maximum atomic E-state index is 13.4. The zero-order valence-electron chi connectivity index (χ0n) is 11.0. The molecule has 2 atom stereocenters. The second-order valence-corrected chi connectivity index (χ2v) is 5.05. The molecule has 6 heteroatoms. The van der Waals surface area contributed by atoms with Gasteiger partial charge in [0.1, 0.15) is 6.26 Å². The van der Waals surface area contributed by atoms with Crippen molar-refractivity contribution in [1.82, 2.24) is 4.90 Å². The van der Waals surface area contributed by atoms with Crippen molar-refractivity contribution in [1.29, 1.82) is 0 Å². The van der Waals surface area contributed by atoms with E-state index in [1.54, 1.807) is 0 Å². The lowest BCUT2D eigenvalue weighted by Gasteiger charge is -2.24. The number of halogens is 2. The van der Waals surface area contributed by atoms with E-state index in [4.69, 9.17) is 4.42 Å². The number of carbonyl (C=O) groups excluding carboxylic acids is 1. The number of carbonyl (C=O) groups is 1. The summed E-state index contributed by atoms with van der Waals surface area (Å²) in [5, 5.41) is 9.82. The smallest absolute Gasteiger partial charge is 0.257 e. The Balaban J connectivity index is 1.92. The summed E-state index contributed by atoms with van der Waals surface area (Å²) in [4.78, 5) is 13.8. The van der Waals surface area contributed by atoms with E-state index in [1.807, 2.05) is 0 Å². The van der Waals surface area contributed by atoms with E-state index in [2.05, 4.69) is 0 Å². The number of aliphatic hydroxyl groups is 1. The summed E-state index contributed by atoms with van der Waals surface area (Å²) in [6, 6.07) is 4.55. The first-order valence-corrected chi connectivity index (χ1v) is 6.52. The van der Waals surface area contributed by atoms with Gasteiger partial charge in [-0.3, -0.25) is 4.79 Å². The van der Waals surface area contributed by atoms with Crippen molar-refractivity contribution in [3.8, 4) is 0 Å². The number of hydrogen-bond acceptors (Lipinski definition) is 3. The van der Waals surface area contributed by atoms with Gasteiger partial charge in [-0.25, -0.2) is 8.78 Å². The van der Waals surface area contributed by atoms with Gasteiger partial charge < -0.3 is 14.4 Å². The minimum Gasteiger partial charge on any atom is -0.472 e. The second kappa shape index (κ2) is 5.29.